The Kier molecular flexibility index (Phi) is 3.54. The smallest absolute Gasteiger partial charge is 0.322 e. The highest BCUT2D eigenvalue weighted by molar-refractivity contribution is 7.86. The zero-order valence-corrected chi connectivity index (χ0v) is 11.8. The average molecular weight is 290 g/mol. The molecular weight excluding hydrogens is 272 g/mol. The van der Waals surface area contributed by atoms with E-state index in [1.165, 1.54) is 8.61 Å². The Morgan fingerprint density at radius 3 is 2.42 bits per heavy atom. The lowest BCUT2D eigenvalue weighted by Gasteiger charge is -2.26. The molecule has 0 aromatic carbocycles. The van der Waals surface area contributed by atoms with Crippen LogP contribution in [0.3, 0.4) is 0 Å². The largest absolute Gasteiger partial charge is 0.322 e. The average Bonchev–Trinajstić information content (AvgIpc) is 2.86. The maximum absolute atomic E-state index is 12.3. The van der Waals surface area contributed by atoms with E-state index < -0.39 is 27.7 Å². The Balaban J connectivity index is 2.19. The minimum Gasteiger partial charge on any atom is -0.322 e. The van der Waals surface area contributed by atoms with Crippen molar-refractivity contribution in [1.29, 1.82) is 0 Å². The Labute approximate surface area is 112 Å². The number of hydrogen-bond acceptors (Lipinski definition) is 4. The quantitative estimate of drug-likeness (QED) is 0.639. The minimum absolute atomic E-state index is 0.0105. The van der Waals surface area contributed by atoms with Gasteiger partial charge in [-0.2, -0.15) is 17.0 Å². The van der Waals surface area contributed by atoms with Gasteiger partial charge in [-0.1, -0.05) is 13.8 Å². The third-order valence-corrected chi connectivity index (χ3v) is 5.74. The molecule has 2 saturated heterocycles. The van der Waals surface area contributed by atoms with Crippen molar-refractivity contribution in [2.45, 2.75) is 25.8 Å². The number of urea groups is 1. The Bertz CT molecular complexity index is 502. The van der Waals surface area contributed by atoms with Gasteiger partial charge in [-0.05, 0) is 6.42 Å². The van der Waals surface area contributed by atoms with Gasteiger partial charge in [0.25, 0.3) is 16.1 Å². The van der Waals surface area contributed by atoms with Gasteiger partial charge in [0.1, 0.15) is 5.54 Å². The molecule has 2 aliphatic heterocycles. The predicted molar refractivity (Wildman–Crippen MR) is 67.4 cm³/mol. The molecule has 1 unspecified atom stereocenters. The third kappa shape index (κ3) is 2.21. The fourth-order valence-electron chi connectivity index (χ4n) is 2.50. The van der Waals surface area contributed by atoms with E-state index in [0.29, 0.717) is 19.5 Å². The summed E-state index contributed by atoms with van der Waals surface area (Å²) < 4.78 is 27.3. The van der Waals surface area contributed by atoms with Crippen LogP contribution in [-0.4, -0.2) is 60.7 Å². The molecule has 1 spiro atoms. The topological polar surface area (TPSA) is 98.8 Å². The lowest BCUT2D eigenvalue weighted by Crippen LogP contribution is -2.51. The highest BCUT2D eigenvalue weighted by Gasteiger charge is 2.53. The van der Waals surface area contributed by atoms with Crippen LogP contribution in [0.25, 0.3) is 0 Å². The first-order valence-corrected chi connectivity index (χ1v) is 7.64. The number of nitrogens with one attached hydrogen (secondary N) is 2. The maximum Gasteiger partial charge on any atom is 0.322 e. The lowest BCUT2D eigenvalue weighted by molar-refractivity contribution is -0.123. The molecule has 2 aliphatic rings. The van der Waals surface area contributed by atoms with E-state index in [9.17, 15) is 18.0 Å². The molecule has 0 saturated carbocycles. The molecule has 0 radical (unpaired) electrons. The molecule has 0 aromatic rings. The first-order valence-electron chi connectivity index (χ1n) is 6.24. The number of imide groups is 1. The van der Waals surface area contributed by atoms with Gasteiger partial charge in [-0.15, -0.1) is 0 Å². The summed E-state index contributed by atoms with van der Waals surface area (Å²) in [6, 6.07) is -0.563. The van der Waals surface area contributed by atoms with E-state index in [0.717, 1.165) is 0 Å². The number of amides is 3. The maximum atomic E-state index is 12.3. The summed E-state index contributed by atoms with van der Waals surface area (Å²) in [5, 5.41) is 4.69. The SMILES string of the molecule is CCN(CC)S(=O)(=O)N1CCC2(C1)NC(=O)NC2=O. The fraction of sp³-hybridized carbons (Fsp3) is 0.800. The van der Waals surface area contributed by atoms with Gasteiger partial charge in [0.05, 0.1) is 0 Å². The second-order valence-electron chi connectivity index (χ2n) is 4.67. The molecular formula is C10H18N4O4S. The van der Waals surface area contributed by atoms with Crippen molar-refractivity contribution >= 4 is 22.1 Å². The third-order valence-electron chi connectivity index (χ3n) is 3.61. The highest BCUT2D eigenvalue weighted by Crippen LogP contribution is 2.27. The summed E-state index contributed by atoms with van der Waals surface area (Å²) in [5.74, 6) is -0.449. The van der Waals surface area contributed by atoms with Crippen molar-refractivity contribution in [1.82, 2.24) is 19.2 Å². The van der Waals surface area contributed by atoms with Crippen molar-refractivity contribution in [2.24, 2.45) is 0 Å². The monoisotopic (exact) mass is 290 g/mol. The molecule has 2 heterocycles. The second-order valence-corrected chi connectivity index (χ2v) is 6.59. The van der Waals surface area contributed by atoms with Gasteiger partial charge in [0.2, 0.25) is 0 Å². The number of nitrogens with zero attached hydrogens (tertiary/aromatic N) is 2. The van der Waals surface area contributed by atoms with Crippen LogP contribution in [-0.2, 0) is 15.0 Å². The first-order chi connectivity index (χ1) is 8.85. The zero-order chi connectivity index (χ0) is 14.3. The van der Waals surface area contributed by atoms with Crippen LogP contribution in [0.1, 0.15) is 20.3 Å². The lowest BCUT2D eigenvalue weighted by atomic mass is 10.00. The van der Waals surface area contributed by atoms with Gasteiger partial charge in [0, 0.05) is 26.2 Å². The van der Waals surface area contributed by atoms with Crippen molar-refractivity contribution in [3.8, 4) is 0 Å². The second kappa shape index (κ2) is 4.73. The van der Waals surface area contributed by atoms with Crippen molar-refractivity contribution in [3.63, 3.8) is 0 Å². The van der Waals surface area contributed by atoms with E-state index in [1.807, 2.05) is 0 Å². The molecule has 3 amide bonds. The highest BCUT2D eigenvalue weighted by atomic mass is 32.2. The summed E-state index contributed by atoms with van der Waals surface area (Å²) in [6.07, 6.45) is 0.297. The zero-order valence-electron chi connectivity index (χ0n) is 11.0. The molecule has 2 fully saturated rings. The summed E-state index contributed by atoms with van der Waals surface area (Å²) >= 11 is 0. The molecule has 2 rings (SSSR count). The van der Waals surface area contributed by atoms with Crippen molar-refractivity contribution in [2.75, 3.05) is 26.2 Å². The normalized spacial score (nSPS) is 28.2. The van der Waals surface area contributed by atoms with Crippen LogP contribution in [0.15, 0.2) is 0 Å². The molecule has 19 heavy (non-hydrogen) atoms. The van der Waals surface area contributed by atoms with E-state index in [2.05, 4.69) is 10.6 Å². The number of hydrogen-bond donors (Lipinski definition) is 2. The molecule has 0 aromatic heterocycles. The van der Waals surface area contributed by atoms with E-state index >= 15 is 0 Å². The summed E-state index contributed by atoms with van der Waals surface area (Å²) in [7, 11) is -3.57. The Hall–Kier alpha value is -1.19. The molecule has 9 heteroatoms. The summed E-state index contributed by atoms with van der Waals surface area (Å²) in [4.78, 5) is 23.0. The van der Waals surface area contributed by atoms with Gasteiger partial charge in [-0.3, -0.25) is 10.1 Å². The van der Waals surface area contributed by atoms with Crippen molar-refractivity contribution in [3.05, 3.63) is 0 Å². The number of rotatable bonds is 4. The van der Waals surface area contributed by atoms with Crippen LogP contribution in [0.2, 0.25) is 0 Å². The molecule has 108 valence electrons. The van der Waals surface area contributed by atoms with E-state index in [1.54, 1.807) is 13.8 Å². The molecule has 8 nitrogen and oxygen atoms in total. The van der Waals surface area contributed by atoms with Crippen LogP contribution in [0, 0.1) is 0 Å². The Morgan fingerprint density at radius 1 is 1.32 bits per heavy atom. The molecule has 2 N–H and O–H groups in total. The summed E-state index contributed by atoms with van der Waals surface area (Å²) in [6.45, 7) is 4.49. The van der Waals surface area contributed by atoms with Gasteiger partial charge in [-0.25, -0.2) is 4.79 Å². The first kappa shape index (κ1) is 14.2. The van der Waals surface area contributed by atoms with Crippen LogP contribution < -0.4 is 10.6 Å². The minimum atomic E-state index is -3.57. The fourth-order valence-corrected chi connectivity index (χ4v) is 4.19. The van der Waals surface area contributed by atoms with Crippen molar-refractivity contribution < 1.29 is 18.0 Å². The molecule has 0 bridgehead atoms. The number of carbonyl (C=O) groups excluding carboxylic acids is 2. The molecule has 0 aliphatic carbocycles. The Morgan fingerprint density at radius 2 is 1.95 bits per heavy atom. The van der Waals surface area contributed by atoms with Crippen LogP contribution >= 0.6 is 0 Å². The molecule has 1 atom stereocenters. The van der Waals surface area contributed by atoms with E-state index in [4.69, 9.17) is 0 Å². The van der Waals surface area contributed by atoms with Gasteiger partial charge < -0.3 is 5.32 Å². The summed E-state index contributed by atoms with van der Waals surface area (Å²) in [5.41, 5.74) is -1.10. The van der Waals surface area contributed by atoms with Crippen LogP contribution in [0.4, 0.5) is 4.79 Å². The van der Waals surface area contributed by atoms with Gasteiger partial charge >= 0.3 is 6.03 Å². The van der Waals surface area contributed by atoms with Gasteiger partial charge in [0.15, 0.2) is 0 Å². The van der Waals surface area contributed by atoms with Crippen LogP contribution in [0.5, 0.6) is 0 Å². The van der Waals surface area contributed by atoms with E-state index in [-0.39, 0.29) is 13.1 Å². The predicted octanol–water partition coefficient (Wildman–Crippen LogP) is -1.14. The number of carbonyl (C=O) groups is 2. The standard InChI is InChI=1S/C10H18N4O4S/c1-3-13(4-2)19(17,18)14-6-5-10(7-14)8(15)11-9(16)12-10/h3-7H2,1-2H3,(H2,11,12,15,16).